The maximum absolute atomic E-state index is 12.1. The van der Waals surface area contributed by atoms with Crippen molar-refractivity contribution in [3.05, 3.63) is 24.8 Å². The molecule has 0 fully saturated rings. The maximum Gasteiger partial charge on any atom is 0.432 e. The molecule has 13 heavy (non-hydrogen) atoms. The van der Waals surface area contributed by atoms with E-state index in [0.717, 1.165) is 0 Å². The van der Waals surface area contributed by atoms with Gasteiger partial charge in [0.25, 0.3) is 0 Å². The van der Waals surface area contributed by atoms with E-state index in [1.54, 1.807) is 0 Å². The quantitative estimate of drug-likeness (QED) is 0.583. The first kappa shape index (κ1) is 10.5. The van der Waals surface area contributed by atoms with Crippen LogP contribution in [-0.4, -0.2) is 4.92 Å². The largest absolute Gasteiger partial charge is 0.432 e. The smallest absolute Gasteiger partial charge is 0.258 e. The van der Waals surface area contributed by atoms with E-state index >= 15 is 0 Å². The molecule has 1 radical (unpaired) electrons. The molecule has 0 amide bonds. The van der Waals surface area contributed by atoms with Gasteiger partial charge >= 0.3 is 11.9 Å². The van der Waals surface area contributed by atoms with Crippen LogP contribution in [0.2, 0.25) is 0 Å². The fourth-order valence-corrected chi connectivity index (χ4v) is 1.97. The van der Waals surface area contributed by atoms with Crippen molar-refractivity contribution in [2.75, 3.05) is 0 Å². The summed E-state index contributed by atoms with van der Waals surface area (Å²) in [7, 11) is 0. The van der Waals surface area contributed by atoms with Gasteiger partial charge in [-0.3, -0.25) is 10.1 Å². The van der Waals surface area contributed by atoms with Gasteiger partial charge in [0, 0.05) is 0 Å². The van der Waals surface area contributed by atoms with Crippen LogP contribution in [0.1, 0.15) is 4.88 Å². The minimum atomic E-state index is -4.70. The molecular weight excluding hydrogens is 275 g/mol. The number of alkyl halides is 3. The van der Waals surface area contributed by atoms with Gasteiger partial charge < -0.3 is 0 Å². The first-order chi connectivity index (χ1) is 5.82. The van der Waals surface area contributed by atoms with Gasteiger partial charge in [0.2, 0.25) is 0 Å². The molecule has 8 heteroatoms. The van der Waals surface area contributed by atoms with Gasteiger partial charge in [-0.15, -0.1) is 11.3 Å². The Morgan fingerprint density at radius 1 is 1.54 bits per heavy atom. The first-order valence-corrected chi connectivity index (χ1v) is 4.36. The molecule has 1 heterocycles. The van der Waals surface area contributed by atoms with Gasteiger partial charge in [0.05, 0.1) is 14.8 Å². The third-order valence-corrected chi connectivity index (χ3v) is 2.66. The molecule has 3 nitrogen and oxygen atoms in total. The lowest BCUT2D eigenvalue weighted by Crippen LogP contribution is -2.04. The average Bonchev–Trinajstić information content (AvgIpc) is 2.29. The van der Waals surface area contributed by atoms with Crippen LogP contribution in [0.4, 0.5) is 18.9 Å². The third-order valence-electron chi connectivity index (χ3n) is 1.06. The number of thiophene rings is 1. The summed E-state index contributed by atoms with van der Waals surface area (Å²) in [6.07, 6.45) is -4.70. The van der Waals surface area contributed by atoms with Crippen LogP contribution in [0.25, 0.3) is 0 Å². The Kier molecular flexibility index (Phi) is 2.62. The van der Waals surface area contributed by atoms with Crippen molar-refractivity contribution in [3.8, 4) is 0 Å². The maximum atomic E-state index is 12.1. The summed E-state index contributed by atoms with van der Waals surface area (Å²) in [6.45, 7) is 0. The van der Waals surface area contributed by atoms with Crippen molar-refractivity contribution >= 4 is 33.0 Å². The Labute approximate surface area is 82.5 Å². The van der Waals surface area contributed by atoms with Gasteiger partial charge in [-0.25, -0.2) is 0 Å². The van der Waals surface area contributed by atoms with Gasteiger partial charge in [-0.1, -0.05) is 0 Å². The summed E-state index contributed by atoms with van der Waals surface area (Å²) >= 11 is 2.95. The molecular formula is C5BrF3NO2S. The molecule has 0 aromatic carbocycles. The van der Waals surface area contributed by atoms with Crippen LogP contribution >= 0.6 is 27.3 Å². The summed E-state index contributed by atoms with van der Waals surface area (Å²) in [4.78, 5) is 7.79. The van der Waals surface area contributed by atoms with Gasteiger partial charge in [0.15, 0.2) is 4.88 Å². The molecule has 1 rings (SSSR count). The molecule has 0 aliphatic rings. The van der Waals surface area contributed by atoms with Crippen LogP contribution in [0.5, 0.6) is 0 Å². The summed E-state index contributed by atoms with van der Waals surface area (Å²) in [5.41, 5.74) is -1.04. The molecule has 0 saturated heterocycles. The molecule has 71 valence electrons. The lowest BCUT2D eigenvalue weighted by Gasteiger charge is -2.00. The second kappa shape index (κ2) is 3.26. The molecule has 0 N–H and O–H groups in total. The average molecular weight is 275 g/mol. The normalized spacial score (nSPS) is 11.7. The molecule has 0 atom stereocenters. The van der Waals surface area contributed by atoms with Crippen LogP contribution in [0.3, 0.4) is 0 Å². The second-order valence-electron chi connectivity index (χ2n) is 1.93. The highest BCUT2D eigenvalue weighted by molar-refractivity contribution is 9.11. The van der Waals surface area contributed by atoms with E-state index in [2.05, 4.69) is 15.9 Å². The Hall–Kier alpha value is -0.630. The number of rotatable bonds is 1. The van der Waals surface area contributed by atoms with Gasteiger partial charge in [-0.05, 0) is 15.9 Å². The van der Waals surface area contributed by atoms with Crippen molar-refractivity contribution in [2.45, 2.75) is 6.18 Å². The number of halogens is 4. The van der Waals surface area contributed by atoms with E-state index in [1.165, 1.54) is 0 Å². The monoisotopic (exact) mass is 274 g/mol. The van der Waals surface area contributed by atoms with Crippen LogP contribution in [-0.2, 0) is 6.18 Å². The summed E-state index contributed by atoms with van der Waals surface area (Å²) in [5, 5.41) is 10.1. The molecule has 0 bridgehead atoms. The number of hydrogen-bond donors (Lipinski definition) is 0. The zero-order valence-corrected chi connectivity index (χ0v) is 8.09. The molecule has 0 unspecified atom stereocenters. The fraction of sp³-hybridized carbons (Fsp3) is 0.200. The molecule has 1 aromatic heterocycles. The fourth-order valence-electron chi connectivity index (χ4n) is 0.634. The standard InChI is InChI=1S/C5BrF3NO2S/c6-3-1-2(10(11)12)4(13-3)5(7,8)9. The lowest BCUT2D eigenvalue weighted by molar-refractivity contribution is -0.387. The molecule has 0 aliphatic heterocycles. The Morgan fingerprint density at radius 3 is 2.38 bits per heavy atom. The van der Waals surface area contributed by atoms with Crippen molar-refractivity contribution in [2.24, 2.45) is 0 Å². The highest BCUT2D eigenvalue weighted by atomic mass is 79.9. The van der Waals surface area contributed by atoms with Crippen molar-refractivity contribution in [1.82, 2.24) is 0 Å². The lowest BCUT2D eigenvalue weighted by atomic mass is 10.4. The molecule has 1 aromatic rings. The van der Waals surface area contributed by atoms with E-state index < -0.39 is 21.7 Å². The van der Waals surface area contributed by atoms with Crippen LogP contribution in [0, 0.1) is 16.2 Å². The molecule has 0 aliphatic carbocycles. The van der Waals surface area contributed by atoms with Crippen LogP contribution in [0.15, 0.2) is 3.79 Å². The highest BCUT2D eigenvalue weighted by Crippen LogP contribution is 2.43. The minimum Gasteiger partial charge on any atom is -0.258 e. The topological polar surface area (TPSA) is 43.1 Å². The Morgan fingerprint density at radius 2 is 2.08 bits per heavy atom. The van der Waals surface area contributed by atoms with Crippen LogP contribution < -0.4 is 0 Å². The first-order valence-electron chi connectivity index (χ1n) is 2.75. The summed E-state index contributed by atoms with van der Waals surface area (Å²) < 4.78 is 36.2. The molecule has 0 saturated carbocycles. The highest BCUT2D eigenvalue weighted by Gasteiger charge is 2.41. The minimum absolute atomic E-state index is 0.0356. The zero-order valence-electron chi connectivity index (χ0n) is 5.68. The van der Waals surface area contributed by atoms with E-state index in [-0.39, 0.29) is 15.1 Å². The van der Waals surface area contributed by atoms with E-state index in [1.807, 2.05) is 6.07 Å². The number of hydrogen-bond acceptors (Lipinski definition) is 3. The second-order valence-corrected chi connectivity index (χ2v) is 4.27. The van der Waals surface area contributed by atoms with Crippen molar-refractivity contribution in [3.63, 3.8) is 0 Å². The van der Waals surface area contributed by atoms with E-state index in [9.17, 15) is 23.3 Å². The number of nitrogens with zero attached hydrogens (tertiary/aromatic N) is 1. The SMILES string of the molecule is O=[N+]([O-])c1[c]c(Br)sc1C(F)(F)F. The van der Waals surface area contributed by atoms with Crippen molar-refractivity contribution < 1.29 is 18.1 Å². The summed E-state index contributed by atoms with van der Waals surface area (Å²) in [5.74, 6) is 0. The Bertz CT molecular complexity index is 348. The predicted molar refractivity (Wildman–Crippen MR) is 42.5 cm³/mol. The third kappa shape index (κ3) is 2.19. The van der Waals surface area contributed by atoms with Crippen molar-refractivity contribution in [1.29, 1.82) is 0 Å². The Balaban J connectivity index is 3.28. The number of nitro groups is 1. The predicted octanol–water partition coefficient (Wildman–Crippen LogP) is 3.24. The molecule has 0 spiro atoms. The summed E-state index contributed by atoms with van der Waals surface area (Å²) in [6, 6.07) is 1.97. The van der Waals surface area contributed by atoms with E-state index in [4.69, 9.17) is 0 Å². The zero-order chi connectivity index (χ0) is 10.2. The van der Waals surface area contributed by atoms with Gasteiger partial charge in [-0.2, -0.15) is 13.2 Å². The van der Waals surface area contributed by atoms with Gasteiger partial charge in [0.1, 0.15) is 0 Å². The van der Waals surface area contributed by atoms with E-state index in [0.29, 0.717) is 0 Å².